The van der Waals surface area contributed by atoms with E-state index in [9.17, 15) is 4.39 Å². The molecule has 1 fully saturated rings. The number of hydrogen-bond donors (Lipinski definition) is 1. The van der Waals surface area contributed by atoms with Crippen LogP contribution in [0.4, 0.5) is 10.2 Å². The monoisotopic (exact) mass is 336 g/mol. The molecule has 0 bridgehead atoms. The van der Waals surface area contributed by atoms with E-state index < -0.39 is 0 Å². The van der Waals surface area contributed by atoms with Crippen molar-refractivity contribution in [1.82, 2.24) is 14.9 Å². The number of halogens is 1. The lowest BCUT2D eigenvalue weighted by Gasteiger charge is -2.25. The van der Waals surface area contributed by atoms with Gasteiger partial charge < -0.3 is 10.2 Å². The van der Waals surface area contributed by atoms with E-state index in [1.54, 1.807) is 6.07 Å². The molecule has 0 radical (unpaired) electrons. The predicted octanol–water partition coefficient (Wildman–Crippen LogP) is 4.02. The van der Waals surface area contributed by atoms with Crippen molar-refractivity contribution in [3.05, 3.63) is 66.2 Å². The summed E-state index contributed by atoms with van der Waals surface area (Å²) in [6.07, 6.45) is 4.03. The van der Waals surface area contributed by atoms with Gasteiger partial charge in [-0.2, -0.15) is 0 Å². The zero-order valence-corrected chi connectivity index (χ0v) is 14.0. The highest BCUT2D eigenvalue weighted by Gasteiger charge is 2.20. The Balaban J connectivity index is 1.67. The molecule has 3 aromatic rings. The average Bonchev–Trinajstić information content (AvgIpc) is 3.15. The van der Waals surface area contributed by atoms with Crippen LogP contribution in [0, 0.1) is 5.82 Å². The van der Waals surface area contributed by atoms with E-state index in [0.29, 0.717) is 11.2 Å². The van der Waals surface area contributed by atoms with Gasteiger partial charge in [-0.05, 0) is 49.7 Å². The maximum Gasteiger partial charge on any atom is 0.137 e. The van der Waals surface area contributed by atoms with Crippen LogP contribution in [-0.2, 0) is 0 Å². The zero-order chi connectivity index (χ0) is 17.1. The molecule has 2 aromatic carbocycles. The lowest BCUT2D eigenvalue weighted by atomic mass is 10.1. The molecule has 5 heteroatoms. The fraction of sp³-hybridized carbons (Fsp3) is 0.300. The second-order valence-corrected chi connectivity index (χ2v) is 6.50. The van der Waals surface area contributed by atoms with Gasteiger partial charge in [0.05, 0.1) is 11.6 Å². The van der Waals surface area contributed by atoms with Crippen molar-refractivity contribution in [2.45, 2.75) is 18.9 Å². The van der Waals surface area contributed by atoms with Gasteiger partial charge in [-0.25, -0.2) is 14.4 Å². The smallest absolute Gasteiger partial charge is 0.137 e. The predicted molar refractivity (Wildman–Crippen MR) is 98.0 cm³/mol. The molecule has 1 aliphatic heterocycles. The third-order valence-corrected chi connectivity index (χ3v) is 4.75. The maximum absolute atomic E-state index is 13.7. The summed E-state index contributed by atoms with van der Waals surface area (Å²) in [5, 5.41) is 4.25. The van der Waals surface area contributed by atoms with E-state index in [2.05, 4.69) is 32.3 Å². The van der Waals surface area contributed by atoms with Crippen LogP contribution in [-0.4, -0.2) is 34.5 Å². The van der Waals surface area contributed by atoms with Crippen molar-refractivity contribution in [2.24, 2.45) is 0 Å². The Hall–Kier alpha value is -2.53. The largest absolute Gasteiger partial charge is 0.361 e. The number of hydrogen-bond acceptors (Lipinski definition) is 4. The summed E-state index contributed by atoms with van der Waals surface area (Å²) in [4.78, 5) is 11.1. The molecule has 1 aliphatic rings. The van der Waals surface area contributed by atoms with Crippen LogP contribution in [0.3, 0.4) is 0 Å². The highest BCUT2D eigenvalue weighted by atomic mass is 19.1. The first-order chi connectivity index (χ1) is 12.3. The zero-order valence-electron chi connectivity index (χ0n) is 14.0. The Kier molecular flexibility index (Phi) is 4.57. The van der Waals surface area contributed by atoms with E-state index in [1.165, 1.54) is 36.9 Å². The summed E-state index contributed by atoms with van der Waals surface area (Å²) in [6.45, 7) is 3.17. The van der Waals surface area contributed by atoms with Crippen LogP contribution in [0.5, 0.6) is 0 Å². The summed E-state index contributed by atoms with van der Waals surface area (Å²) in [6, 6.07) is 15.1. The molecule has 0 saturated carbocycles. The number of likely N-dealkylation sites (tertiary alicyclic amines) is 1. The highest BCUT2D eigenvalue weighted by molar-refractivity contribution is 5.88. The molecule has 128 valence electrons. The molecule has 1 saturated heterocycles. The Morgan fingerprint density at radius 2 is 1.84 bits per heavy atom. The second-order valence-electron chi connectivity index (χ2n) is 6.50. The third-order valence-electron chi connectivity index (χ3n) is 4.75. The van der Waals surface area contributed by atoms with Gasteiger partial charge in [-0.3, -0.25) is 0 Å². The number of nitrogens with zero attached hydrogens (tertiary/aromatic N) is 3. The van der Waals surface area contributed by atoms with Crippen LogP contribution < -0.4 is 5.32 Å². The van der Waals surface area contributed by atoms with E-state index >= 15 is 0 Å². The summed E-state index contributed by atoms with van der Waals surface area (Å²) in [7, 11) is 0. The maximum atomic E-state index is 13.7. The molecule has 25 heavy (non-hydrogen) atoms. The Labute approximate surface area is 146 Å². The normalized spacial score (nSPS) is 16.2. The summed E-state index contributed by atoms with van der Waals surface area (Å²) >= 11 is 0. The average molecular weight is 336 g/mol. The molecule has 1 N–H and O–H groups in total. The molecule has 1 unspecified atom stereocenters. The topological polar surface area (TPSA) is 41.1 Å². The van der Waals surface area contributed by atoms with Gasteiger partial charge in [0.15, 0.2) is 0 Å². The minimum Gasteiger partial charge on any atom is -0.361 e. The summed E-state index contributed by atoms with van der Waals surface area (Å²) in [5.41, 5.74) is 1.95. The van der Waals surface area contributed by atoms with Gasteiger partial charge in [0.25, 0.3) is 0 Å². The quantitative estimate of drug-likeness (QED) is 0.764. The summed E-state index contributed by atoms with van der Waals surface area (Å²) < 4.78 is 13.7. The standard InChI is InChI=1S/C20H21FN4/c21-16-8-9-18-17(12-16)20(23-14-22-18)24-19(13-25-10-4-5-11-25)15-6-2-1-3-7-15/h1-3,6-9,12,14,19H,4-5,10-11,13H2,(H,22,23,24). The van der Waals surface area contributed by atoms with Crippen LogP contribution in [0.2, 0.25) is 0 Å². The van der Waals surface area contributed by atoms with Gasteiger partial charge in [-0.15, -0.1) is 0 Å². The van der Waals surface area contributed by atoms with Crippen molar-refractivity contribution in [2.75, 3.05) is 25.0 Å². The molecule has 0 spiro atoms. The first-order valence-corrected chi connectivity index (χ1v) is 8.74. The van der Waals surface area contributed by atoms with E-state index in [-0.39, 0.29) is 11.9 Å². The van der Waals surface area contributed by atoms with Crippen LogP contribution in [0.1, 0.15) is 24.4 Å². The number of anilines is 1. The first kappa shape index (κ1) is 16.0. The van der Waals surface area contributed by atoms with Gasteiger partial charge in [0.2, 0.25) is 0 Å². The van der Waals surface area contributed by atoms with Gasteiger partial charge in [0.1, 0.15) is 18.0 Å². The van der Waals surface area contributed by atoms with Crippen LogP contribution >= 0.6 is 0 Å². The SMILES string of the molecule is Fc1ccc2ncnc(NC(CN3CCCC3)c3ccccc3)c2c1. The minimum absolute atomic E-state index is 0.0978. The van der Waals surface area contributed by atoms with E-state index in [4.69, 9.17) is 0 Å². The van der Waals surface area contributed by atoms with Crippen molar-refractivity contribution < 1.29 is 4.39 Å². The van der Waals surface area contributed by atoms with Crippen molar-refractivity contribution in [3.63, 3.8) is 0 Å². The molecule has 1 atom stereocenters. The minimum atomic E-state index is -0.277. The fourth-order valence-corrected chi connectivity index (χ4v) is 3.45. The molecule has 4 nitrogen and oxygen atoms in total. The molecular weight excluding hydrogens is 315 g/mol. The van der Waals surface area contributed by atoms with Gasteiger partial charge >= 0.3 is 0 Å². The fourth-order valence-electron chi connectivity index (χ4n) is 3.45. The van der Waals surface area contributed by atoms with Crippen molar-refractivity contribution in [3.8, 4) is 0 Å². The lowest BCUT2D eigenvalue weighted by molar-refractivity contribution is 0.323. The second kappa shape index (κ2) is 7.15. The Morgan fingerprint density at radius 3 is 2.64 bits per heavy atom. The molecular formula is C20H21FN4. The Bertz CT molecular complexity index is 847. The molecule has 2 heterocycles. The van der Waals surface area contributed by atoms with Crippen molar-refractivity contribution >= 4 is 16.7 Å². The highest BCUT2D eigenvalue weighted by Crippen LogP contribution is 2.26. The number of rotatable bonds is 5. The number of nitrogens with one attached hydrogen (secondary N) is 1. The van der Waals surface area contributed by atoms with E-state index in [0.717, 1.165) is 25.2 Å². The molecule has 0 aliphatic carbocycles. The summed E-state index contributed by atoms with van der Waals surface area (Å²) in [5.74, 6) is 0.402. The Morgan fingerprint density at radius 1 is 1.04 bits per heavy atom. The number of fused-ring (bicyclic) bond motifs is 1. The van der Waals surface area contributed by atoms with E-state index in [1.807, 2.05) is 18.2 Å². The molecule has 0 amide bonds. The third kappa shape index (κ3) is 3.61. The molecule has 4 rings (SSSR count). The number of benzene rings is 2. The van der Waals surface area contributed by atoms with Gasteiger partial charge in [0, 0.05) is 11.9 Å². The molecule has 1 aromatic heterocycles. The lowest BCUT2D eigenvalue weighted by Crippen LogP contribution is -2.29. The van der Waals surface area contributed by atoms with Crippen LogP contribution in [0.15, 0.2) is 54.9 Å². The van der Waals surface area contributed by atoms with Crippen LogP contribution in [0.25, 0.3) is 10.9 Å². The number of aromatic nitrogens is 2. The van der Waals surface area contributed by atoms with Crippen molar-refractivity contribution in [1.29, 1.82) is 0 Å². The first-order valence-electron chi connectivity index (χ1n) is 8.74. The van der Waals surface area contributed by atoms with Gasteiger partial charge in [-0.1, -0.05) is 30.3 Å².